The van der Waals surface area contributed by atoms with E-state index in [0.717, 1.165) is 27.4 Å². The van der Waals surface area contributed by atoms with E-state index >= 15 is 0 Å². The molecule has 3 amide bonds. The predicted molar refractivity (Wildman–Crippen MR) is 151 cm³/mol. The highest BCUT2D eigenvalue weighted by atomic mass is 32.2. The molecule has 0 heterocycles. The molecule has 2 atom stereocenters. The molecule has 1 fully saturated rings. The van der Waals surface area contributed by atoms with Crippen molar-refractivity contribution in [3.8, 4) is 5.75 Å². The third-order valence-corrected chi connectivity index (χ3v) is 8.51. The lowest BCUT2D eigenvalue weighted by Crippen LogP contribution is -2.55. The van der Waals surface area contributed by atoms with Gasteiger partial charge in [-0.3, -0.25) is 4.79 Å². The first kappa shape index (κ1) is 28.1. The van der Waals surface area contributed by atoms with Crippen LogP contribution in [0, 0.1) is 0 Å². The van der Waals surface area contributed by atoms with E-state index in [9.17, 15) is 18.0 Å². The molecule has 0 aromatic heterocycles. The smallest absolute Gasteiger partial charge is 0.330 e. The van der Waals surface area contributed by atoms with Gasteiger partial charge in [0, 0.05) is 32.2 Å². The van der Waals surface area contributed by atoms with Gasteiger partial charge >= 0.3 is 16.2 Å². The van der Waals surface area contributed by atoms with Crippen LogP contribution in [-0.4, -0.2) is 51.4 Å². The molecule has 4 rings (SSSR count). The Kier molecular flexibility index (Phi) is 8.27. The molecule has 3 aromatic carbocycles. The Morgan fingerprint density at radius 3 is 2.15 bits per heavy atom. The maximum atomic E-state index is 13.8. The molecule has 0 bridgehead atoms. The average Bonchev–Trinajstić information content (AvgIpc) is 3.67. The van der Waals surface area contributed by atoms with Gasteiger partial charge in [0.25, 0.3) is 5.91 Å². The van der Waals surface area contributed by atoms with Gasteiger partial charge in [0.15, 0.2) is 0 Å². The molecular formula is C29H34N4O5S. The fraction of sp³-hybridized carbons (Fsp3) is 0.310. The van der Waals surface area contributed by atoms with Gasteiger partial charge in [-0.05, 0) is 53.8 Å². The van der Waals surface area contributed by atoms with Crippen LogP contribution in [-0.2, 0) is 28.0 Å². The second kappa shape index (κ2) is 11.5. The highest BCUT2D eigenvalue weighted by molar-refractivity contribution is 7.87. The summed E-state index contributed by atoms with van der Waals surface area (Å²) in [5.74, 6) is -0.00960. The molecule has 206 valence electrons. The zero-order valence-electron chi connectivity index (χ0n) is 22.5. The van der Waals surface area contributed by atoms with Crippen LogP contribution in [0.3, 0.4) is 0 Å². The number of carbonyl (C=O) groups is 2. The van der Waals surface area contributed by atoms with Crippen molar-refractivity contribution in [1.29, 1.82) is 0 Å². The predicted octanol–water partition coefficient (Wildman–Crippen LogP) is 3.82. The van der Waals surface area contributed by atoms with Gasteiger partial charge in [0.1, 0.15) is 11.3 Å². The first-order chi connectivity index (χ1) is 18.6. The second-order valence-electron chi connectivity index (χ2n) is 9.69. The molecule has 1 aliphatic rings. The quantitative estimate of drug-likeness (QED) is 0.399. The minimum atomic E-state index is -4.17. The zero-order chi connectivity index (χ0) is 28.2. The normalized spacial score (nSPS) is 18.3. The highest BCUT2D eigenvalue weighted by Gasteiger charge is 2.63. The molecule has 2 N–H and O–H groups in total. The summed E-state index contributed by atoms with van der Waals surface area (Å²) in [5.41, 5.74) is 2.13. The van der Waals surface area contributed by atoms with Gasteiger partial charge in [-0.15, -0.1) is 0 Å². The Hall–Kier alpha value is -3.89. The number of carbonyl (C=O) groups excluding carboxylic acids is 2. The number of nitrogens with one attached hydrogen (secondary N) is 2. The molecule has 0 saturated heterocycles. The molecule has 1 aliphatic carbocycles. The number of rotatable bonds is 10. The number of amides is 3. The van der Waals surface area contributed by atoms with Crippen molar-refractivity contribution in [2.24, 2.45) is 0 Å². The third kappa shape index (κ3) is 6.23. The second-order valence-corrected chi connectivity index (χ2v) is 11.5. The standard InChI is InChI=1S/C29H34N4O5S/c1-5-21-11-13-22(14-12-21)20-32(2)39(36,37)31-28(35)30-29(19-26(29)23-9-7-6-8-10-23)27(34)33(3)24-15-17-25(38-4)18-16-24/h6-18,26H,5,19-20H2,1-4H3,(H2,30,31,35)/t26?,29-/m0/s1. The number of hydrogen-bond donors (Lipinski definition) is 2. The molecule has 1 saturated carbocycles. The van der Waals surface area contributed by atoms with Gasteiger partial charge in [-0.1, -0.05) is 61.5 Å². The number of methoxy groups -OCH3 is 1. The first-order valence-electron chi connectivity index (χ1n) is 12.7. The Morgan fingerprint density at radius 1 is 0.949 bits per heavy atom. The van der Waals surface area contributed by atoms with Crippen LogP contribution in [0.2, 0.25) is 0 Å². The van der Waals surface area contributed by atoms with Crippen molar-refractivity contribution in [2.75, 3.05) is 26.1 Å². The Balaban J connectivity index is 1.51. The van der Waals surface area contributed by atoms with Crippen molar-refractivity contribution in [1.82, 2.24) is 14.3 Å². The summed E-state index contributed by atoms with van der Waals surface area (Å²) in [6.07, 6.45) is 1.22. The number of benzene rings is 3. The maximum absolute atomic E-state index is 13.8. The van der Waals surface area contributed by atoms with Crippen LogP contribution in [0.5, 0.6) is 5.75 Å². The fourth-order valence-corrected chi connectivity index (χ4v) is 5.41. The summed E-state index contributed by atoms with van der Waals surface area (Å²) in [6, 6.07) is 23.0. The van der Waals surface area contributed by atoms with Gasteiger partial charge in [-0.25, -0.2) is 9.52 Å². The molecule has 9 nitrogen and oxygen atoms in total. The van der Waals surface area contributed by atoms with Crippen LogP contribution in [0.4, 0.5) is 10.5 Å². The van der Waals surface area contributed by atoms with Crippen LogP contribution >= 0.6 is 0 Å². The molecule has 3 aromatic rings. The molecule has 0 aliphatic heterocycles. The third-order valence-electron chi connectivity index (χ3n) is 7.11. The van der Waals surface area contributed by atoms with Crippen LogP contribution < -0.4 is 19.7 Å². The summed E-state index contributed by atoms with van der Waals surface area (Å²) >= 11 is 0. The number of ether oxygens (including phenoxy) is 1. The Labute approximate surface area is 230 Å². The molecule has 10 heteroatoms. The average molecular weight is 551 g/mol. The summed E-state index contributed by atoms with van der Waals surface area (Å²) in [5, 5.41) is 2.71. The molecular weight excluding hydrogens is 516 g/mol. The Morgan fingerprint density at radius 2 is 1.56 bits per heavy atom. The van der Waals surface area contributed by atoms with Crippen LogP contribution in [0.25, 0.3) is 0 Å². The number of aryl methyl sites for hydroxylation is 1. The lowest BCUT2D eigenvalue weighted by Gasteiger charge is -2.26. The maximum Gasteiger partial charge on any atom is 0.330 e. The van der Waals surface area contributed by atoms with Crippen LogP contribution in [0.15, 0.2) is 78.9 Å². The van der Waals surface area contributed by atoms with E-state index in [1.165, 1.54) is 11.9 Å². The van der Waals surface area contributed by atoms with Crippen molar-refractivity contribution in [3.05, 3.63) is 95.6 Å². The lowest BCUT2D eigenvalue weighted by molar-refractivity contribution is -0.121. The van der Waals surface area contributed by atoms with Crippen molar-refractivity contribution < 1.29 is 22.7 Å². The monoisotopic (exact) mass is 550 g/mol. The SMILES string of the molecule is CCc1ccc(CN(C)S(=O)(=O)NC(=O)N[C@@]2(C(=O)N(C)c3ccc(OC)cc3)CC2c2ccccc2)cc1. The highest BCUT2D eigenvalue weighted by Crippen LogP contribution is 2.52. The van der Waals surface area contributed by atoms with Crippen LogP contribution in [0.1, 0.15) is 36.0 Å². The largest absolute Gasteiger partial charge is 0.497 e. The van der Waals surface area contributed by atoms with Crippen molar-refractivity contribution in [3.63, 3.8) is 0 Å². The van der Waals surface area contributed by atoms with E-state index in [1.54, 1.807) is 38.4 Å². The van der Waals surface area contributed by atoms with E-state index < -0.39 is 21.8 Å². The number of likely N-dealkylation sites (N-methyl/N-ethyl adjacent to an activating group) is 1. The molecule has 1 unspecified atom stereocenters. The Bertz CT molecular complexity index is 1410. The van der Waals surface area contributed by atoms with E-state index in [4.69, 9.17) is 4.74 Å². The summed E-state index contributed by atoms with van der Waals surface area (Å²) < 4.78 is 34.3. The number of anilines is 1. The summed E-state index contributed by atoms with van der Waals surface area (Å²) in [7, 11) is 0.405. The molecule has 0 radical (unpaired) electrons. The topological polar surface area (TPSA) is 108 Å². The summed E-state index contributed by atoms with van der Waals surface area (Å²) in [4.78, 5) is 28.3. The van der Waals surface area contributed by atoms with Gasteiger partial charge in [-0.2, -0.15) is 12.7 Å². The van der Waals surface area contributed by atoms with Gasteiger partial charge in [0.05, 0.1) is 7.11 Å². The first-order valence-corrected chi connectivity index (χ1v) is 14.1. The number of hydrogen-bond acceptors (Lipinski definition) is 5. The zero-order valence-corrected chi connectivity index (χ0v) is 23.4. The molecule has 0 spiro atoms. The molecule has 39 heavy (non-hydrogen) atoms. The van der Waals surface area contributed by atoms with E-state index in [1.807, 2.05) is 61.5 Å². The van der Waals surface area contributed by atoms with Gasteiger partial charge < -0.3 is 15.0 Å². The van der Waals surface area contributed by atoms with E-state index in [0.29, 0.717) is 17.9 Å². The number of nitrogens with zero attached hydrogens (tertiary/aromatic N) is 2. The number of urea groups is 1. The lowest BCUT2D eigenvalue weighted by atomic mass is 10.0. The summed E-state index contributed by atoms with van der Waals surface area (Å²) in [6.45, 7) is 2.13. The minimum absolute atomic E-state index is 0.0868. The van der Waals surface area contributed by atoms with Crippen molar-refractivity contribution in [2.45, 2.75) is 37.8 Å². The van der Waals surface area contributed by atoms with E-state index in [2.05, 4.69) is 10.0 Å². The minimum Gasteiger partial charge on any atom is -0.497 e. The van der Waals surface area contributed by atoms with Gasteiger partial charge in [0.2, 0.25) is 0 Å². The fourth-order valence-electron chi connectivity index (χ4n) is 4.65. The van der Waals surface area contributed by atoms with E-state index in [-0.39, 0.29) is 18.4 Å². The van der Waals surface area contributed by atoms with Crippen molar-refractivity contribution >= 4 is 27.8 Å².